The average molecular weight is 275 g/mol. The third-order valence-corrected chi connectivity index (χ3v) is 4.38. The van der Waals surface area contributed by atoms with Crippen LogP contribution < -0.4 is 5.32 Å². The minimum Gasteiger partial charge on any atom is -0.479 e. The fraction of sp³-hybridized carbons (Fsp3) is 0.467. The summed E-state index contributed by atoms with van der Waals surface area (Å²) in [4.78, 5) is 23.3. The first-order valence-corrected chi connectivity index (χ1v) is 6.84. The standard InChI is InChI=1S/C15H17NO4/c17-13(18)15(7-6-11-8-12(11)15)16-14(19)20-9-10-4-2-1-3-5-10/h1-5,11-12H,6-9H2,(H,16,19)(H,17,18). The summed E-state index contributed by atoms with van der Waals surface area (Å²) in [5, 5.41) is 12.0. The highest BCUT2D eigenvalue weighted by atomic mass is 16.5. The van der Waals surface area contributed by atoms with Crippen molar-refractivity contribution in [2.45, 2.75) is 31.4 Å². The predicted octanol–water partition coefficient (Wildman–Crippen LogP) is 2.17. The molecule has 1 aromatic carbocycles. The van der Waals surface area contributed by atoms with Crippen LogP contribution >= 0.6 is 0 Å². The molecule has 1 aromatic rings. The lowest BCUT2D eigenvalue weighted by molar-refractivity contribution is -0.145. The number of ether oxygens (including phenoxy) is 1. The highest BCUT2D eigenvalue weighted by molar-refractivity contribution is 5.86. The number of carboxylic acid groups (broad SMARTS) is 1. The number of aliphatic carboxylic acids is 1. The van der Waals surface area contributed by atoms with E-state index in [-0.39, 0.29) is 12.5 Å². The fourth-order valence-electron chi connectivity index (χ4n) is 3.18. The van der Waals surface area contributed by atoms with Gasteiger partial charge in [0.05, 0.1) is 0 Å². The number of hydrogen-bond donors (Lipinski definition) is 2. The quantitative estimate of drug-likeness (QED) is 0.883. The van der Waals surface area contributed by atoms with Crippen LogP contribution in [-0.2, 0) is 16.1 Å². The van der Waals surface area contributed by atoms with Gasteiger partial charge in [0.25, 0.3) is 0 Å². The van der Waals surface area contributed by atoms with Crippen molar-refractivity contribution in [2.24, 2.45) is 11.8 Å². The molecule has 1 amide bonds. The first kappa shape index (κ1) is 13.0. The van der Waals surface area contributed by atoms with Gasteiger partial charge in [0.2, 0.25) is 0 Å². The Labute approximate surface area is 116 Å². The molecule has 5 nitrogen and oxygen atoms in total. The molecule has 3 rings (SSSR count). The Balaban J connectivity index is 1.59. The Hall–Kier alpha value is -2.04. The molecule has 2 fully saturated rings. The maximum atomic E-state index is 11.8. The van der Waals surface area contributed by atoms with E-state index in [0.29, 0.717) is 12.3 Å². The number of benzene rings is 1. The van der Waals surface area contributed by atoms with Crippen LogP contribution in [0.3, 0.4) is 0 Å². The molecule has 5 heteroatoms. The summed E-state index contributed by atoms with van der Waals surface area (Å²) in [5.74, 6) is -0.413. The Morgan fingerprint density at radius 2 is 2.10 bits per heavy atom. The maximum absolute atomic E-state index is 11.8. The third-order valence-electron chi connectivity index (χ3n) is 4.38. The van der Waals surface area contributed by atoms with Crippen molar-refractivity contribution in [1.82, 2.24) is 5.32 Å². The van der Waals surface area contributed by atoms with Crippen LogP contribution in [-0.4, -0.2) is 22.7 Å². The minimum absolute atomic E-state index is 0.0734. The first-order chi connectivity index (χ1) is 9.62. The van der Waals surface area contributed by atoms with Gasteiger partial charge in [-0.1, -0.05) is 30.3 Å². The normalized spacial score (nSPS) is 30.4. The second kappa shape index (κ2) is 4.81. The van der Waals surface area contributed by atoms with Gasteiger partial charge in [0.15, 0.2) is 0 Å². The third kappa shape index (κ3) is 2.24. The minimum atomic E-state index is -1.11. The van der Waals surface area contributed by atoms with Crippen molar-refractivity contribution in [3.05, 3.63) is 35.9 Å². The Bertz CT molecular complexity index is 530. The number of fused-ring (bicyclic) bond motifs is 1. The van der Waals surface area contributed by atoms with E-state index < -0.39 is 17.6 Å². The molecular weight excluding hydrogens is 258 g/mol. The SMILES string of the molecule is O=C(NC1(C(=O)O)CCC2CC21)OCc1ccccc1. The van der Waals surface area contributed by atoms with Gasteiger partial charge in [-0.3, -0.25) is 0 Å². The van der Waals surface area contributed by atoms with Crippen LogP contribution in [0.25, 0.3) is 0 Å². The van der Waals surface area contributed by atoms with E-state index in [1.165, 1.54) is 0 Å². The average Bonchev–Trinajstić information content (AvgIpc) is 3.15. The molecule has 0 radical (unpaired) electrons. The highest BCUT2D eigenvalue weighted by Gasteiger charge is 2.63. The predicted molar refractivity (Wildman–Crippen MR) is 71.0 cm³/mol. The van der Waals surface area contributed by atoms with Crippen molar-refractivity contribution in [2.75, 3.05) is 0 Å². The van der Waals surface area contributed by atoms with E-state index in [4.69, 9.17) is 4.74 Å². The van der Waals surface area contributed by atoms with E-state index in [9.17, 15) is 14.7 Å². The van der Waals surface area contributed by atoms with Crippen LogP contribution in [0.4, 0.5) is 4.79 Å². The topological polar surface area (TPSA) is 75.6 Å². The van der Waals surface area contributed by atoms with Gasteiger partial charge in [-0.25, -0.2) is 9.59 Å². The number of nitrogens with one attached hydrogen (secondary N) is 1. The largest absolute Gasteiger partial charge is 0.479 e. The van der Waals surface area contributed by atoms with Gasteiger partial charge in [0.1, 0.15) is 12.1 Å². The molecule has 0 spiro atoms. The fourth-order valence-corrected chi connectivity index (χ4v) is 3.18. The van der Waals surface area contributed by atoms with E-state index in [2.05, 4.69) is 5.32 Å². The molecule has 2 aliphatic carbocycles. The van der Waals surface area contributed by atoms with Crippen LogP contribution in [0.2, 0.25) is 0 Å². The number of alkyl carbamates (subject to hydrolysis) is 1. The molecule has 0 heterocycles. The van der Waals surface area contributed by atoms with E-state index in [1.54, 1.807) is 0 Å². The highest BCUT2D eigenvalue weighted by Crippen LogP contribution is 2.57. The number of carbonyl (C=O) groups is 2. The van der Waals surface area contributed by atoms with Gasteiger partial charge in [-0.2, -0.15) is 0 Å². The van der Waals surface area contributed by atoms with Crippen molar-refractivity contribution < 1.29 is 19.4 Å². The van der Waals surface area contributed by atoms with Crippen molar-refractivity contribution in [3.63, 3.8) is 0 Å². The summed E-state index contributed by atoms with van der Waals surface area (Å²) in [7, 11) is 0. The summed E-state index contributed by atoms with van der Waals surface area (Å²) in [6.45, 7) is 0.149. The van der Waals surface area contributed by atoms with Gasteiger partial charge < -0.3 is 15.2 Å². The van der Waals surface area contributed by atoms with Gasteiger partial charge in [-0.05, 0) is 36.7 Å². The molecule has 0 aromatic heterocycles. The zero-order valence-corrected chi connectivity index (χ0v) is 11.0. The molecule has 2 aliphatic rings. The van der Waals surface area contributed by atoms with E-state index in [1.807, 2.05) is 30.3 Å². The van der Waals surface area contributed by atoms with Gasteiger partial charge in [0, 0.05) is 0 Å². The van der Waals surface area contributed by atoms with Crippen LogP contribution in [0.15, 0.2) is 30.3 Å². The van der Waals surface area contributed by atoms with Crippen molar-refractivity contribution in [3.8, 4) is 0 Å². The van der Waals surface area contributed by atoms with Gasteiger partial charge >= 0.3 is 12.1 Å². The summed E-state index contributed by atoms with van der Waals surface area (Å²) in [6, 6.07) is 9.32. The van der Waals surface area contributed by atoms with Crippen molar-refractivity contribution in [1.29, 1.82) is 0 Å². The number of hydrogen-bond acceptors (Lipinski definition) is 3. The zero-order valence-electron chi connectivity index (χ0n) is 11.0. The molecule has 2 saturated carbocycles. The molecule has 0 saturated heterocycles. The van der Waals surface area contributed by atoms with E-state index in [0.717, 1.165) is 18.4 Å². The van der Waals surface area contributed by atoms with Crippen LogP contribution in [0.5, 0.6) is 0 Å². The number of amides is 1. The molecule has 2 N–H and O–H groups in total. The lowest BCUT2D eigenvalue weighted by atomic mass is 9.93. The summed E-state index contributed by atoms with van der Waals surface area (Å²) >= 11 is 0. The molecule has 106 valence electrons. The maximum Gasteiger partial charge on any atom is 0.408 e. The smallest absolute Gasteiger partial charge is 0.408 e. The lowest BCUT2D eigenvalue weighted by Crippen LogP contribution is -2.55. The molecular formula is C15H17NO4. The summed E-state index contributed by atoms with van der Waals surface area (Å²) < 4.78 is 5.12. The Kier molecular flexibility index (Phi) is 3.12. The molecule has 0 bridgehead atoms. The monoisotopic (exact) mass is 275 g/mol. The van der Waals surface area contributed by atoms with E-state index >= 15 is 0 Å². The second-order valence-electron chi connectivity index (χ2n) is 5.60. The second-order valence-corrected chi connectivity index (χ2v) is 5.60. The Morgan fingerprint density at radius 1 is 1.35 bits per heavy atom. The zero-order chi connectivity index (χ0) is 14.2. The number of rotatable bonds is 4. The Morgan fingerprint density at radius 3 is 2.65 bits per heavy atom. The number of carbonyl (C=O) groups excluding carboxylic acids is 1. The van der Waals surface area contributed by atoms with Crippen LogP contribution in [0, 0.1) is 11.8 Å². The number of carboxylic acids is 1. The molecule has 3 unspecified atom stereocenters. The first-order valence-electron chi connectivity index (χ1n) is 6.84. The van der Waals surface area contributed by atoms with Crippen molar-refractivity contribution >= 4 is 12.1 Å². The summed E-state index contributed by atoms with van der Waals surface area (Å²) in [5.41, 5.74) is -0.235. The molecule has 20 heavy (non-hydrogen) atoms. The molecule has 0 aliphatic heterocycles. The summed E-state index contributed by atoms with van der Waals surface area (Å²) in [6.07, 6.45) is 1.61. The van der Waals surface area contributed by atoms with Gasteiger partial charge in [-0.15, -0.1) is 0 Å². The van der Waals surface area contributed by atoms with Crippen LogP contribution in [0.1, 0.15) is 24.8 Å². The lowest BCUT2D eigenvalue weighted by Gasteiger charge is -2.27. The molecule has 3 atom stereocenters.